The first kappa shape index (κ1) is 18.4. The molecule has 0 fully saturated rings. The summed E-state index contributed by atoms with van der Waals surface area (Å²) in [6.07, 6.45) is 0. The molecule has 1 aromatic carbocycles. The highest BCUT2D eigenvalue weighted by Gasteiger charge is 2.15. The lowest BCUT2D eigenvalue weighted by Gasteiger charge is -2.27. The zero-order chi connectivity index (χ0) is 14.1. The molecule has 0 aliphatic rings. The second-order valence-corrected chi connectivity index (χ2v) is 7.60. The van der Waals surface area contributed by atoms with Crippen molar-refractivity contribution in [3.05, 3.63) is 34.4 Å². The monoisotopic (exact) mass is 285 g/mol. The number of hydrogen-bond acceptors (Lipinski definition) is 0. The average Bonchev–Trinajstić information content (AvgIpc) is 2.08. The fourth-order valence-electron chi connectivity index (χ4n) is 2.30. The molecule has 0 saturated heterocycles. The van der Waals surface area contributed by atoms with Gasteiger partial charge in [0.15, 0.2) is 0 Å². The minimum absolute atomic E-state index is 0. The molecular weight excluding hydrogens is 256 g/mol. The maximum atomic E-state index is 2.38. The Morgan fingerprint density at radius 3 is 1.16 bits per heavy atom. The summed E-state index contributed by atoms with van der Waals surface area (Å²) in [5.74, 6) is 0. The molecule has 0 heterocycles. The second-order valence-electron chi connectivity index (χ2n) is 7.60. The number of hydrogen-bond donors (Lipinski definition) is 0. The summed E-state index contributed by atoms with van der Waals surface area (Å²) >= 11 is 0. The van der Waals surface area contributed by atoms with E-state index in [0.29, 0.717) is 0 Å². The highest BCUT2D eigenvalue weighted by molar-refractivity contribution is 5.36. The maximum absolute atomic E-state index is 2.38. The molecule has 0 aliphatic carbocycles. The summed E-state index contributed by atoms with van der Waals surface area (Å²) in [6.45, 7) is 6.67. The van der Waals surface area contributed by atoms with Gasteiger partial charge >= 0.3 is 0 Å². The Morgan fingerprint density at radius 1 is 0.684 bits per heavy atom. The van der Waals surface area contributed by atoms with Gasteiger partial charge in [-0.05, 0) is 37.1 Å². The van der Waals surface area contributed by atoms with Crippen molar-refractivity contribution in [1.82, 2.24) is 0 Å². The van der Waals surface area contributed by atoms with Crippen LogP contribution in [0.3, 0.4) is 0 Å². The summed E-state index contributed by atoms with van der Waals surface area (Å²) in [7, 11) is 13.5. The Hall–Kier alpha value is -0.570. The van der Waals surface area contributed by atoms with Crippen LogP contribution in [-0.2, 0) is 13.1 Å². The number of halogens is 1. The lowest BCUT2D eigenvalue weighted by Crippen LogP contribution is -3.00. The van der Waals surface area contributed by atoms with Crippen LogP contribution in [0, 0.1) is 13.8 Å². The smallest absolute Gasteiger partial charge is 0.104 e. The third kappa shape index (κ3) is 6.42. The van der Waals surface area contributed by atoms with E-state index in [-0.39, 0.29) is 12.4 Å². The van der Waals surface area contributed by atoms with Gasteiger partial charge in [-0.1, -0.05) is 0 Å². The summed E-state index contributed by atoms with van der Waals surface area (Å²) in [6, 6.07) is 4.76. The van der Waals surface area contributed by atoms with E-state index < -0.39 is 0 Å². The number of quaternary nitrogens is 2. The van der Waals surface area contributed by atoms with Crippen LogP contribution in [0.4, 0.5) is 0 Å². The summed E-state index contributed by atoms with van der Waals surface area (Å²) in [5, 5.41) is 0. The van der Waals surface area contributed by atoms with Crippen molar-refractivity contribution in [3.63, 3.8) is 0 Å². The van der Waals surface area contributed by atoms with Crippen molar-refractivity contribution < 1.29 is 21.4 Å². The van der Waals surface area contributed by atoms with Gasteiger partial charge in [-0.15, -0.1) is 0 Å². The molecule has 0 radical (unpaired) electrons. The predicted molar refractivity (Wildman–Crippen MR) is 79.4 cm³/mol. The van der Waals surface area contributed by atoms with Crippen LogP contribution in [0.25, 0.3) is 0 Å². The van der Waals surface area contributed by atoms with E-state index in [9.17, 15) is 0 Å². The van der Waals surface area contributed by atoms with E-state index in [0.717, 1.165) is 22.1 Å². The van der Waals surface area contributed by atoms with Crippen molar-refractivity contribution in [2.24, 2.45) is 0 Å². The summed E-state index contributed by atoms with van der Waals surface area (Å²) < 4.78 is 1.96. The van der Waals surface area contributed by atoms with Crippen molar-refractivity contribution in [3.8, 4) is 0 Å². The van der Waals surface area contributed by atoms with Gasteiger partial charge in [-0.3, -0.25) is 0 Å². The molecule has 3 heteroatoms. The topological polar surface area (TPSA) is 0 Å². The van der Waals surface area contributed by atoms with E-state index >= 15 is 0 Å². The largest absolute Gasteiger partial charge is 1.00 e. The molecule has 0 bridgehead atoms. The molecule has 0 aliphatic heterocycles. The van der Waals surface area contributed by atoms with Crippen LogP contribution in [-0.4, -0.2) is 51.3 Å². The Bertz CT molecular complexity index is 384. The number of rotatable bonds is 4. The third-order valence-electron chi connectivity index (χ3n) is 3.08. The predicted octanol–water partition coefficient (Wildman–Crippen LogP) is -0.280. The molecule has 0 unspecified atom stereocenters. The van der Waals surface area contributed by atoms with Crippen LogP contribution in [0.5, 0.6) is 0 Å². The Labute approximate surface area is 125 Å². The van der Waals surface area contributed by atoms with Crippen LogP contribution in [0.2, 0.25) is 0 Å². The molecule has 19 heavy (non-hydrogen) atoms. The van der Waals surface area contributed by atoms with E-state index in [1.807, 2.05) is 0 Å². The van der Waals surface area contributed by atoms with Gasteiger partial charge in [0.2, 0.25) is 0 Å². The second kappa shape index (κ2) is 6.25. The lowest BCUT2D eigenvalue weighted by atomic mass is 9.98. The van der Waals surface area contributed by atoms with Crippen molar-refractivity contribution >= 4 is 0 Å². The molecule has 0 aromatic heterocycles. The first-order valence-corrected chi connectivity index (χ1v) is 6.68. The first-order chi connectivity index (χ1) is 7.98. The zero-order valence-corrected chi connectivity index (χ0v) is 14.6. The van der Waals surface area contributed by atoms with Gasteiger partial charge in [0.1, 0.15) is 13.1 Å². The molecule has 1 aromatic rings. The van der Waals surface area contributed by atoms with Gasteiger partial charge in [0, 0.05) is 11.1 Å². The van der Waals surface area contributed by atoms with Gasteiger partial charge in [0.25, 0.3) is 0 Å². The molecule has 2 nitrogen and oxygen atoms in total. The molecule has 110 valence electrons. The maximum Gasteiger partial charge on any atom is 0.104 e. The Kier molecular flexibility index (Phi) is 6.07. The summed E-state index contributed by atoms with van der Waals surface area (Å²) in [5.41, 5.74) is 5.81. The highest BCUT2D eigenvalue weighted by atomic mass is 35.5. The van der Waals surface area contributed by atoms with E-state index in [2.05, 4.69) is 68.3 Å². The molecular formula is C16H30ClN2+. The molecule has 0 saturated carbocycles. The minimum atomic E-state index is 0. The third-order valence-corrected chi connectivity index (χ3v) is 3.08. The molecule has 0 amide bonds. The molecule has 0 N–H and O–H groups in total. The Morgan fingerprint density at radius 2 is 0.947 bits per heavy atom. The van der Waals surface area contributed by atoms with E-state index in [1.165, 1.54) is 22.3 Å². The Balaban J connectivity index is 0.00000324. The van der Waals surface area contributed by atoms with Crippen LogP contribution in [0.15, 0.2) is 12.1 Å². The van der Waals surface area contributed by atoms with Gasteiger partial charge in [-0.25, -0.2) is 0 Å². The molecule has 1 rings (SSSR count). The zero-order valence-electron chi connectivity index (χ0n) is 13.8. The van der Waals surface area contributed by atoms with Crippen LogP contribution >= 0.6 is 0 Å². The number of benzene rings is 1. The standard InChI is InChI=1S/C16H30N2.ClH/c1-13-9-16(12-18(6,7)8)14(2)10-15(13)11-17(3,4)5;/h9-10H,11-12H2,1-8H3;1H/q+2;/p-1. The van der Waals surface area contributed by atoms with Gasteiger partial charge < -0.3 is 21.4 Å². The summed E-state index contributed by atoms with van der Waals surface area (Å²) in [4.78, 5) is 0. The highest BCUT2D eigenvalue weighted by Crippen LogP contribution is 2.20. The number of nitrogens with zero attached hydrogens (tertiary/aromatic N) is 2. The van der Waals surface area contributed by atoms with Gasteiger partial charge in [-0.2, -0.15) is 0 Å². The number of aryl methyl sites for hydroxylation is 2. The van der Waals surface area contributed by atoms with Crippen molar-refractivity contribution in [1.29, 1.82) is 0 Å². The van der Waals surface area contributed by atoms with E-state index in [1.54, 1.807) is 0 Å². The lowest BCUT2D eigenvalue weighted by molar-refractivity contribution is -0.884. The minimum Gasteiger partial charge on any atom is -1.00 e. The van der Waals surface area contributed by atoms with Crippen molar-refractivity contribution in [2.45, 2.75) is 26.9 Å². The fraction of sp³-hybridized carbons (Fsp3) is 0.625. The van der Waals surface area contributed by atoms with Crippen molar-refractivity contribution in [2.75, 3.05) is 42.3 Å². The fourth-order valence-corrected chi connectivity index (χ4v) is 2.30. The van der Waals surface area contributed by atoms with Crippen LogP contribution in [0.1, 0.15) is 22.3 Å². The van der Waals surface area contributed by atoms with E-state index in [4.69, 9.17) is 0 Å². The van der Waals surface area contributed by atoms with Gasteiger partial charge in [0.05, 0.1) is 42.3 Å². The first-order valence-electron chi connectivity index (χ1n) is 6.68. The quantitative estimate of drug-likeness (QED) is 0.668. The van der Waals surface area contributed by atoms with Crippen LogP contribution < -0.4 is 12.4 Å². The molecule has 0 atom stereocenters. The average molecular weight is 286 g/mol. The normalized spacial score (nSPS) is 12.2. The molecule has 0 spiro atoms. The SMILES string of the molecule is Cc1cc(C[N+](C)(C)C)c(C)cc1C[N+](C)(C)C.[Cl-].